The highest BCUT2D eigenvalue weighted by Crippen LogP contribution is 2.28. The fourth-order valence-electron chi connectivity index (χ4n) is 3.34. The molecule has 0 bridgehead atoms. The summed E-state index contributed by atoms with van der Waals surface area (Å²) in [6.45, 7) is 2.25. The van der Waals surface area contributed by atoms with E-state index in [-0.39, 0.29) is 18.1 Å². The maximum absolute atomic E-state index is 13.0. The zero-order valence-corrected chi connectivity index (χ0v) is 14.7. The first kappa shape index (κ1) is 17.2. The molecule has 0 fully saturated rings. The van der Waals surface area contributed by atoms with E-state index in [2.05, 4.69) is 6.07 Å². The Kier molecular flexibility index (Phi) is 5.17. The molecular formula is C21H23NO3. The van der Waals surface area contributed by atoms with Gasteiger partial charge in [0.2, 0.25) is 5.91 Å². The quantitative estimate of drug-likeness (QED) is 0.797. The van der Waals surface area contributed by atoms with Crippen LogP contribution in [0.15, 0.2) is 42.5 Å². The van der Waals surface area contributed by atoms with Crippen molar-refractivity contribution in [3.63, 3.8) is 0 Å². The molecule has 0 aromatic heterocycles. The van der Waals surface area contributed by atoms with Crippen LogP contribution in [-0.4, -0.2) is 25.3 Å². The molecule has 0 radical (unpaired) electrons. The molecule has 1 amide bonds. The van der Waals surface area contributed by atoms with Gasteiger partial charge >= 0.3 is 0 Å². The van der Waals surface area contributed by atoms with Crippen molar-refractivity contribution in [3.8, 4) is 5.75 Å². The lowest BCUT2D eigenvalue weighted by molar-refractivity contribution is -0.118. The minimum Gasteiger partial charge on any atom is -0.496 e. The van der Waals surface area contributed by atoms with Crippen LogP contribution in [0.25, 0.3) is 0 Å². The number of amides is 1. The van der Waals surface area contributed by atoms with E-state index >= 15 is 0 Å². The molecule has 0 aliphatic carbocycles. The largest absolute Gasteiger partial charge is 0.496 e. The van der Waals surface area contributed by atoms with Crippen LogP contribution in [0, 0.1) is 0 Å². The summed E-state index contributed by atoms with van der Waals surface area (Å²) >= 11 is 0. The van der Waals surface area contributed by atoms with Gasteiger partial charge < -0.3 is 9.64 Å². The van der Waals surface area contributed by atoms with E-state index in [0.29, 0.717) is 11.3 Å². The summed E-state index contributed by atoms with van der Waals surface area (Å²) in [4.78, 5) is 26.6. The summed E-state index contributed by atoms with van der Waals surface area (Å²) in [6, 6.07) is 13.4. The molecule has 0 spiro atoms. The molecule has 1 aliphatic rings. The average molecular weight is 337 g/mol. The van der Waals surface area contributed by atoms with Gasteiger partial charge in [-0.2, -0.15) is 0 Å². The average Bonchev–Trinajstić information content (AvgIpc) is 2.84. The molecule has 1 heterocycles. The van der Waals surface area contributed by atoms with E-state index in [0.717, 1.165) is 37.1 Å². The number of ketones is 1. The number of fused-ring (bicyclic) bond motifs is 1. The van der Waals surface area contributed by atoms with Crippen LogP contribution in [-0.2, 0) is 17.6 Å². The lowest BCUT2D eigenvalue weighted by Gasteiger charge is -2.23. The van der Waals surface area contributed by atoms with E-state index in [1.165, 1.54) is 12.5 Å². The van der Waals surface area contributed by atoms with Gasteiger partial charge in [0.25, 0.3) is 0 Å². The van der Waals surface area contributed by atoms with E-state index in [1.54, 1.807) is 25.3 Å². The number of hydrogen-bond donors (Lipinski definition) is 0. The van der Waals surface area contributed by atoms with Crippen LogP contribution < -0.4 is 9.64 Å². The summed E-state index contributed by atoms with van der Waals surface area (Å²) in [5, 5.41) is 0. The number of para-hydroxylation sites is 1. The molecular weight excluding hydrogens is 314 g/mol. The van der Waals surface area contributed by atoms with Crippen LogP contribution in [0.2, 0.25) is 0 Å². The second-order valence-electron chi connectivity index (χ2n) is 6.39. The smallest absolute Gasteiger partial charge is 0.231 e. The van der Waals surface area contributed by atoms with Gasteiger partial charge in [0, 0.05) is 23.4 Å². The summed E-state index contributed by atoms with van der Waals surface area (Å²) < 4.78 is 5.38. The predicted octanol–water partition coefficient (Wildman–Crippen LogP) is 3.81. The predicted molar refractivity (Wildman–Crippen MR) is 98.4 cm³/mol. The van der Waals surface area contributed by atoms with E-state index in [1.807, 2.05) is 23.1 Å². The van der Waals surface area contributed by atoms with Gasteiger partial charge in [0.1, 0.15) is 5.75 Å². The van der Waals surface area contributed by atoms with Crippen molar-refractivity contribution in [2.24, 2.45) is 0 Å². The molecule has 1 aliphatic heterocycles. The highest BCUT2D eigenvalue weighted by Gasteiger charge is 2.22. The van der Waals surface area contributed by atoms with Gasteiger partial charge in [0.15, 0.2) is 5.78 Å². The van der Waals surface area contributed by atoms with Gasteiger partial charge in [-0.15, -0.1) is 0 Å². The molecule has 0 N–H and O–H groups in total. The fraction of sp³-hybridized carbons (Fsp3) is 0.333. The Hall–Kier alpha value is -2.62. The third-order valence-corrected chi connectivity index (χ3v) is 4.69. The molecule has 2 aromatic carbocycles. The molecule has 0 atom stereocenters. The molecule has 130 valence electrons. The van der Waals surface area contributed by atoms with Crippen molar-refractivity contribution in [3.05, 3.63) is 59.2 Å². The second kappa shape index (κ2) is 7.51. The first-order valence-electron chi connectivity index (χ1n) is 8.66. The van der Waals surface area contributed by atoms with Crippen LogP contribution in [0.4, 0.5) is 5.69 Å². The number of aryl methyl sites for hydroxylation is 1. The van der Waals surface area contributed by atoms with Crippen molar-refractivity contribution in [2.45, 2.75) is 32.6 Å². The lowest BCUT2D eigenvalue weighted by atomic mass is 10.0. The monoisotopic (exact) mass is 337 g/mol. The molecule has 0 saturated heterocycles. The third-order valence-electron chi connectivity index (χ3n) is 4.69. The van der Waals surface area contributed by atoms with Crippen molar-refractivity contribution >= 4 is 17.4 Å². The Labute approximate surface area is 148 Å². The standard InChI is InChI=1S/C21H23NO3/c1-15(23)17-10-11-20(25-2)18(13-17)14-21(24)22-12-6-5-8-16-7-3-4-9-19(16)22/h3-4,7,9-11,13H,5-6,8,12,14H2,1-2H3. The van der Waals surface area contributed by atoms with Crippen LogP contribution in [0.1, 0.15) is 41.3 Å². The molecule has 0 saturated carbocycles. The number of rotatable bonds is 4. The molecule has 25 heavy (non-hydrogen) atoms. The first-order chi connectivity index (χ1) is 12.1. The number of benzene rings is 2. The lowest BCUT2D eigenvalue weighted by Crippen LogP contribution is -2.33. The minimum absolute atomic E-state index is 0.0172. The van der Waals surface area contributed by atoms with E-state index < -0.39 is 0 Å². The molecule has 3 rings (SSSR count). The highest BCUT2D eigenvalue weighted by molar-refractivity contribution is 5.97. The van der Waals surface area contributed by atoms with E-state index in [9.17, 15) is 9.59 Å². The maximum atomic E-state index is 13.0. The summed E-state index contributed by atoms with van der Waals surface area (Å²) in [6.07, 6.45) is 3.30. The molecule has 2 aromatic rings. The second-order valence-corrected chi connectivity index (χ2v) is 6.39. The summed E-state index contributed by atoms with van der Waals surface area (Å²) in [7, 11) is 1.58. The maximum Gasteiger partial charge on any atom is 0.231 e. The number of methoxy groups -OCH3 is 1. The SMILES string of the molecule is COc1ccc(C(C)=O)cc1CC(=O)N1CCCCc2ccccc21. The molecule has 0 unspecified atom stereocenters. The molecule has 4 heteroatoms. The Balaban J connectivity index is 1.90. The zero-order valence-electron chi connectivity index (χ0n) is 14.7. The topological polar surface area (TPSA) is 46.6 Å². The van der Waals surface area contributed by atoms with Crippen molar-refractivity contribution in [2.75, 3.05) is 18.6 Å². The van der Waals surface area contributed by atoms with Crippen LogP contribution >= 0.6 is 0 Å². The normalized spacial score (nSPS) is 13.8. The Morgan fingerprint density at radius 3 is 2.68 bits per heavy atom. The number of carbonyl (C=O) groups is 2. The van der Waals surface area contributed by atoms with E-state index in [4.69, 9.17) is 4.74 Å². The number of carbonyl (C=O) groups excluding carboxylic acids is 2. The van der Waals surface area contributed by atoms with Crippen LogP contribution in [0.5, 0.6) is 5.75 Å². The number of nitrogens with zero attached hydrogens (tertiary/aromatic N) is 1. The van der Waals surface area contributed by atoms with Gasteiger partial charge in [0.05, 0.1) is 13.5 Å². The van der Waals surface area contributed by atoms with Gasteiger partial charge in [-0.1, -0.05) is 18.2 Å². The number of anilines is 1. The zero-order chi connectivity index (χ0) is 17.8. The minimum atomic E-state index is -0.0172. The Morgan fingerprint density at radius 2 is 1.92 bits per heavy atom. The van der Waals surface area contributed by atoms with Crippen LogP contribution in [0.3, 0.4) is 0 Å². The summed E-state index contributed by atoms with van der Waals surface area (Å²) in [5.74, 6) is 0.659. The Bertz CT molecular complexity index is 797. The van der Waals surface area contributed by atoms with Crippen molar-refractivity contribution in [1.29, 1.82) is 0 Å². The van der Waals surface area contributed by atoms with Gasteiger partial charge in [-0.25, -0.2) is 0 Å². The molecule has 4 nitrogen and oxygen atoms in total. The number of ether oxygens (including phenoxy) is 1. The first-order valence-corrected chi connectivity index (χ1v) is 8.66. The summed E-state index contributed by atoms with van der Waals surface area (Å²) in [5.41, 5.74) is 3.58. The highest BCUT2D eigenvalue weighted by atomic mass is 16.5. The fourth-order valence-corrected chi connectivity index (χ4v) is 3.34. The third kappa shape index (κ3) is 3.73. The van der Waals surface area contributed by atoms with Gasteiger partial charge in [-0.05, 0) is 56.0 Å². The number of hydrogen-bond acceptors (Lipinski definition) is 3. The van der Waals surface area contributed by atoms with Crippen molar-refractivity contribution in [1.82, 2.24) is 0 Å². The van der Waals surface area contributed by atoms with Crippen molar-refractivity contribution < 1.29 is 14.3 Å². The Morgan fingerprint density at radius 1 is 1.12 bits per heavy atom. The van der Waals surface area contributed by atoms with Gasteiger partial charge in [-0.3, -0.25) is 9.59 Å². The number of Topliss-reactive ketones (excluding diaryl/α,β-unsaturated/α-hetero) is 1.